The molecule has 2 heterocycles. The predicted octanol–water partition coefficient (Wildman–Crippen LogP) is 2.34. The number of para-hydroxylation sites is 1. The molecular weight excluding hydrogens is 390 g/mol. The number of nitrogens with zero attached hydrogens (tertiary/aromatic N) is 3. The summed E-state index contributed by atoms with van der Waals surface area (Å²) in [6.45, 7) is 13.6. The van der Waals surface area contributed by atoms with Crippen LogP contribution in [0.4, 0.5) is 5.69 Å². The Bertz CT molecular complexity index is 628. The molecule has 3 rings (SSSR count). The van der Waals surface area contributed by atoms with Crippen LogP contribution in [0.1, 0.15) is 33.1 Å². The van der Waals surface area contributed by atoms with E-state index in [1.165, 1.54) is 12.1 Å². The maximum atomic E-state index is 5.74. The second-order valence-corrected chi connectivity index (χ2v) is 8.42. The van der Waals surface area contributed by atoms with Gasteiger partial charge in [0, 0.05) is 64.2 Å². The van der Waals surface area contributed by atoms with Crippen LogP contribution in [0.25, 0.3) is 0 Å². The SMILES string of the molecule is CCNC(=NCC(C)N1CCN(c2ccccc2)CC1)NCCCOCC1CCCO1. The Hall–Kier alpha value is -1.83. The third-order valence-corrected chi connectivity index (χ3v) is 6.00. The van der Waals surface area contributed by atoms with Gasteiger partial charge in [-0.05, 0) is 45.2 Å². The molecule has 2 aliphatic heterocycles. The van der Waals surface area contributed by atoms with Crippen LogP contribution in [0.3, 0.4) is 0 Å². The molecule has 0 saturated carbocycles. The number of benzene rings is 1. The van der Waals surface area contributed by atoms with Crippen LogP contribution in [0, 0.1) is 0 Å². The van der Waals surface area contributed by atoms with E-state index in [1.807, 2.05) is 0 Å². The average Bonchev–Trinajstić information content (AvgIpc) is 3.33. The summed E-state index contributed by atoms with van der Waals surface area (Å²) < 4.78 is 11.3. The highest BCUT2D eigenvalue weighted by Crippen LogP contribution is 2.16. The summed E-state index contributed by atoms with van der Waals surface area (Å²) in [6.07, 6.45) is 3.57. The average molecular weight is 432 g/mol. The highest BCUT2D eigenvalue weighted by atomic mass is 16.5. The second kappa shape index (κ2) is 13.6. The van der Waals surface area contributed by atoms with Gasteiger partial charge in [-0.15, -0.1) is 0 Å². The normalized spacial score (nSPS) is 21.3. The zero-order valence-corrected chi connectivity index (χ0v) is 19.4. The molecule has 31 heavy (non-hydrogen) atoms. The van der Waals surface area contributed by atoms with E-state index in [4.69, 9.17) is 14.5 Å². The van der Waals surface area contributed by atoms with E-state index >= 15 is 0 Å². The highest BCUT2D eigenvalue weighted by molar-refractivity contribution is 5.79. The van der Waals surface area contributed by atoms with Crippen LogP contribution in [0.2, 0.25) is 0 Å². The third kappa shape index (κ3) is 8.31. The van der Waals surface area contributed by atoms with Crippen LogP contribution < -0.4 is 15.5 Å². The lowest BCUT2D eigenvalue weighted by Gasteiger charge is -2.38. The van der Waals surface area contributed by atoms with E-state index in [0.29, 0.717) is 12.1 Å². The molecule has 174 valence electrons. The molecule has 1 aromatic carbocycles. The molecule has 0 amide bonds. The topological polar surface area (TPSA) is 61.4 Å². The number of anilines is 1. The molecule has 0 spiro atoms. The number of nitrogens with one attached hydrogen (secondary N) is 2. The molecule has 2 fully saturated rings. The fourth-order valence-corrected chi connectivity index (χ4v) is 4.11. The van der Waals surface area contributed by atoms with Crippen LogP contribution in [0.15, 0.2) is 35.3 Å². The van der Waals surface area contributed by atoms with Gasteiger partial charge in [-0.1, -0.05) is 18.2 Å². The van der Waals surface area contributed by atoms with E-state index < -0.39 is 0 Å². The Kier molecular flexibility index (Phi) is 10.4. The Balaban J connectivity index is 1.32. The summed E-state index contributed by atoms with van der Waals surface area (Å²) in [7, 11) is 0. The van der Waals surface area contributed by atoms with Crippen molar-refractivity contribution >= 4 is 11.6 Å². The molecule has 0 radical (unpaired) electrons. The van der Waals surface area contributed by atoms with E-state index in [-0.39, 0.29) is 0 Å². The Morgan fingerprint density at radius 1 is 1.19 bits per heavy atom. The Morgan fingerprint density at radius 2 is 2.00 bits per heavy atom. The third-order valence-electron chi connectivity index (χ3n) is 6.00. The van der Waals surface area contributed by atoms with E-state index in [2.05, 4.69) is 64.6 Å². The Morgan fingerprint density at radius 3 is 2.71 bits per heavy atom. The van der Waals surface area contributed by atoms with Crippen molar-refractivity contribution < 1.29 is 9.47 Å². The van der Waals surface area contributed by atoms with E-state index in [9.17, 15) is 0 Å². The second-order valence-electron chi connectivity index (χ2n) is 8.42. The van der Waals surface area contributed by atoms with Crippen LogP contribution in [-0.2, 0) is 9.47 Å². The molecule has 2 unspecified atom stereocenters. The quantitative estimate of drug-likeness (QED) is 0.319. The number of aliphatic imine (C=N–C) groups is 1. The number of guanidine groups is 1. The molecule has 0 aliphatic carbocycles. The number of hydrogen-bond donors (Lipinski definition) is 2. The van der Waals surface area contributed by atoms with Gasteiger partial charge >= 0.3 is 0 Å². The first kappa shape index (κ1) is 23.8. The maximum absolute atomic E-state index is 5.74. The van der Waals surface area contributed by atoms with Crippen molar-refractivity contribution in [3.8, 4) is 0 Å². The molecule has 7 heteroatoms. The largest absolute Gasteiger partial charge is 0.379 e. The van der Waals surface area contributed by atoms with Gasteiger partial charge in [-0.25, -0.2) is 0 Å². The molecular formula is C24H41N5O2. The van der Waals surface area contributed by atoms with Crippen LogP contribution >= 0.6 is 0 Å². The molecule has 7 nitrogen and oxygen atoms in total. The Labute approximate surface area is 188 Å². The van der Waals surface area contributed by atoms with Crippen molar-refractivity contribution in [3.05, 3.63) is 30.3 Å². The minimum absolute atomic E-state index is 0.308. The van der Waals surface area contributed by atoms with E-state index in [0.717, 1.165) is 84.4 Å². The standard InChI is InChI=1S/C24H41N5O2/c1-3-25-24(26-12-8-17-30-20-23-11-7-18-31-23)27-19-21(2)28-13-15-29(16-14-28)22-9-5-4-6-10-22/h4-6,9-10,21,23H,3,7-8,11-20H2,1-2H3,(H2,25,26,27). The number of piperazine rings is 1. The smallest absolute Gasteiger partial charge is 0.191 e. The molecule has 2 atom stereocenters. The minimum Gasteiger partial charge on any atom is -0.379 e. The molecule has 2 N–H and O–H groups in total. The fourth-order valence-electron chi connectivity index (χ4n) is 4.11. The lowest BCUT2D eigenvalue weighted by Crippen LogP contribution is -2.50. The first-order chi connectivity index (χ1) is 15.3. The minimum atomic E-state index is 0.308. The molecule has 2 aliphatic rings. The monoisotopic (exact) mass is 431 g/mol. The van der Waals surface area contributed by atoms with Gasteiger partial charge < -0.3 is 25.0 Å². The first-order valence-electron chi connectivity index (χ1n) is 12.0. The maximum Gasteiger partial charge on any atom is 0.191 e. The summed E-state index contributed by atoms with van der Waals surface area (Å²) in [5.74, 6) is 0.899. The van der Waals surface area contributed by atoms with Gasteiger partial charge in [-0.3, -0.25) is 9.89 Å². The summed E-state index contributed by atoms with van der Waals surface area (Å²) >= 11 is 0. The van der Waals surface area contributed by atoms with Gasteiger partial charge in [0.25, 0.3) is 0 Å². The summed E-state index contributed by atoms with van der Waals surface area (Å²) in [6, 6.07) is 11.1. The molecule has 0 bridgehead atoms. The van der Waals surface area contributed by atoms with Gasteiger partial charge in [-0.2, -0.15) is 0 Å². The zero-order valence-electron chi connectivity index (χ0n) is 19.4. The number of hydrogen-bond acceptors (Lipinski definition) is 5. The lowest BCUT2D eigenvalue weighted by molar-refractivity contribution is 0.0168. The van der Waals surface area contributed by atoms with Crippen molar-refractivity contribution in [3.63, 3.8) is 0 Å². The van der Waals surface area contributed by atoms with Gasteiger partial charge in [0.15, 0.2) is 5.96 Å². The molecule has 0 aromatic heterocycles. The van der Waals surface area contributed by atoms with Crippen molar-refractivity contribution in [2.24, 2.45) is 4.99 Å². The molecule has 1 aromatic rings. The van der Waals surface area contributed by atoms with Gasteiger partial charge in [0.05, 0.1) is 19.3 Å². The first-order valence-corrected chi connectivity index (χ1v) is 12.0. The van der Waals surface area contributed by atoms with Crippen molar-refractivity contribution in [2.75, 3.05) is 70.5 Å². The van der Waals surface area contributed by atoms with Crippen molar-refractivity contribution in [1.82, 2.24) is 15.5 Å². The number of ether oxygens (including phenoxy) is 2. The van der Waals surface area contributed by atoms with Crippen molar-refractivity contribution in [2.45, 2.75) is 45.3 Å². The fraction of sp³-hybridized carbons (Fsp3) is 0.708. The number of rotatable bonds is 11. The van der Waals surface area contributed by atoms with Crippen LogP contribution in [-0.4, -0.2) is 88.6 Å². The van der Waals surface area contributed by atoms with Gasteiger partial charge in [0.2, 0.25) is 0 Å². The summed E-state index contributed by atoms with van der Waals surface area (Å²) in [5.41, 5.74) is 1.33. The van der Waals surface area contributed by atoms with Crippen LogP contribution in [0.5, 0.6) is 0 Å². The summed E-state index contributed by atoms with van der Waals surface area (Å²) in [5, 5.41) is 6.79. The highest BCUT2D eigenvalue weighted by Gasteiger charge is 2.21. The zero-order chi connectivity index (χ0) is 21.7. The van der Waals surface area contributed by atoms with Crippen molar-refractivity contribution in [1.29, 1.82) is 0 Å². The van der Waals surface area contributed by atoms with E-state index in [1.54, 1.807) is 0 Å². The predicted molar refractivity (Wildman–Crippen MR) is 128 cm³/mol. The summed E-state index contributed by atoms with van der Waals surface area (Å²) in [4.78, 5) is 9.84. The molecule has 2 saturated heterocycles. The lowest BCUT2D eigenvalue weighted by atomic mass is 10.2. The van der Waals surface area contributed by atoms with Gasteiger partial charge in [0.1, 0.15) is 0 Å².